The molecule has 6 nitrogen and oxygen atoms in total. The molecule has 0 saturated heterocycles. The Morgan fingerprint density at radius 1 is 1.14 bits per heavy atom. The summed E-state index contributed by atoms with van der Waals surface area (Å²) in [7, 11) is 0. The van der Waals surface area contributed by atoms with E-state index in [9.17, 15) is 23.5 Å². The highest BCUT2D eigenvalue weighted by Gasteiger charge is 2.18. The molecule has 0 unspecified atom stereocenters. The minimum Gasteiger partial charge on any atom is -0.505 e. The molecule has 2 aromatic rings. The van der Waals surface area contributed by atoms with Crippen LogP contribution in [0, 0.1) is 11.6 Å². The fraction of sp³-hybridized carbons (Fsp3) is 0. The number of hydrogen-bond donors (Lipinski definition) is 3. The molecule has 0 atom stereocenters. The van der Waals surface area contributed by atoms with Gasteiger partial charge >= 0.3 is 5.97 Å². The molecule has 1 aromatic carbocycles. The SMILES string of the molecule is O=C(Nc1cc(C(=O)O)c(F)cc1F)c1ccncc1O. The van der Waals surface area contributed by atoms with Gasteiger partial charge in [-0.1, -0.05) is 0 Å². The molecule has 2 rings (SSSR count). The first-order chi connectivity index (χ1) is 9.90. The summed E-state index contributed by atoms with van der Waals surface area (Å²) in [5.74, 6) is -5.33. The van der Waals surface area contributed by atoms with Gasteiger partial charge in [-0.3, -0.25) is 9.78 Å². The second kappa shape index (κ2) is 5.53. The fourth-order valence-electron chi connectivity index (χ4n) is 1.58. The van der Waals surface area contributed by atoms with Crippen molar-refractivity contribution < 1.29 is 28.6 Å². The summed E-state index contributed by atoms with van der Waals surface area (Å²) >= 11 is 0. The van der Waals surface area contributed by atoms with E-state index in [0.29, 0.717) is 12.1 Å². The molecular formula is C13H8F2N2O4. The molecule has 108 valence electrons. The standard InChI is InChI=1S/C13H8F2N2O4/c14-8-4-9(15)10(3-7(8)13(20)21)17-12(19)6-1-2-16-5-11(6)18/h1-5,18H,(H,17,19)(H,20,21). The quantitative estimate of drug-likeness (QED) is 0.804. The average molecular weight is 294 g/mol. The van der Waals surface area contributed by atoms with Gasteiger partial charge in [0.1, 0.15) is 17.4 Å². The highest BCUT2D eigenvalue weighted by atomic mass is 19.1. The Hall–Kier alpha value is -3.03. The zero-order valence-electron chi connectivity index (χ0n) is 10.3. The van der Waals surface area contributed by atoms with E-state index in [1.54, 1.807) is 0 Å². The Morgan fingerprint density at radius 2 is 1.86 bits per heavy atom. The molecule has 0 aliphatic rings. The van der Waals surface area contributed by atoms with Crippen LogP contribution in [0.15, 0.2) is 30.6 Å². The maximum Gasteiger partial charge on any atom is 0.338 e. The molecule has 3 N–H and O–H groups in total. The van der Waals surface area contributed by atoms with Crippen LogP contribution in [0.4, 0.5) is 14.5 Å². The Bertz CT molecular complexity index is 734. The smallest absolute Gasteiger partial charge is 0.338 e. The topological polar surface area (TPSA) is 99.5 Å². The van der Waals surface area contributed by atoms with Crippen molar-refractivity contribution in [2.24, 2.45) is 0 Å². The monoisotopic (exact) mass is 294 g/mol. The van der Waals surface area contributed by atoms with Crippen LogP contribution < -0.4 is 5.32 Å². The van der Waals surface area contributed by atoms with E-state index in [1.165, 1.54) is 12.3 Å². The number of carbonyl (C=O) groups is 2. The molecule has 0 spiro atoms. The third kappa shape index (κ3) is 2.94. The fourth-order valence-corrected chi connectivity index (χ4v) is 1.58. The summed E-state index contributed by atoms with van der Waals surface area (Å²) < 4.78 is 26.8. The first-order valence-corrected chi connectivity index (χ1v) is 5.57. The van der Waals surface area contributed by atoms with Crippen LogP contribution >= 0.6 is 0 Å². The minimum atomic E-state index is -1.60. The van der Waals surface area contributed by atoms with E-state index < -0.39 is 40.5 Å². The number of hydrogen-bond acceptors (Lipinski definition) is 4. The Kier molecular flexibility index (Phi) is 3.79. The van der Waals surface area contributed by atoms with E-state index >= 15 is 0 Å². The number of anilines is 1. The van der Waals surface area contributed by atoms with E-state index in [1.807, 2.05) is 0 Å². The zero-order valence-corrected chi connectivity index (χ0v) is 10.3. The van der Waals surface area contributed by atoms with Gasteiger partial charge in [-0.2, -0.15) is 0 Å². The third-order valence-electron chi connectivity index (χ3n) is 2.58. The van der Waals surface area contributed by atoms with Gasteiger partial charge in [-0.05, 0) is 12.1 Å². The van der Waals surface area contributed by atoms with E-state index in [2.05, 4.69) is 10.3 Å². The van der Waals surface area contributed by atoms with Crippen molar-refractivity contribution >= 4 is 17.6 Å². The van der Waals surface area contributed by atoms with Crippen LogP contribution in [0.25, 0.3) is 0 Å². The third-order valence-corrected chi connectivity index (χ3v) is 2.58. The maximum absolute atomic E-state index is 13.5. The van der Waals surface area contributed by atoms with Crippen molar-refractivity contribution in [2.45, 2.75) is 0 Å². The largest absolute Gasteiger partial charge is 0.505 e. The number of nitrogens with zero attached hydrogens (tertiary/aromatic N) is 1. The van der Waals surface area contributed by atoms with Gasteiger partial charge in [0.05, 0.1) is 23.0 Å². The summed E-state index contributed by atoms with van der Waals surface area (Å²) in [6, 6.07) is 2.19. The van der Waals surface area contributed by atoms with Crippen molar-refractivity contribution in [3.63, 3.8) is 0 Å². The molecule has 1 heterocycles. The van der Waals surface area contributed by atoms with Gasteiger partial charge in [-0.15, -0.1) is 0 Å². The number of halogens is 2. The number of rotatable bonds is 3. The number of carboxylic acid groups (broad SMARTS) is 1. The second-order valence-electron chi connectivity index (χ2n) is 3.96. The van der Waals surface area contributed by atoms with Crippen LogP contribution in [0.1, 0.15) is 20.7 Å². The van der Waals surface area contributed by atoms with Crippen molar-refractivity contribution in [1.82, 2.24) is 4.98 Å². The molecule has 0 fully saturated rings. The minimum absolute atomic E-state index is 0.189. The molecule has 21 heavy (non-hydrogen) atoms. The molecular weight excluding hydrogens is 286 g/mol. The molecule has 0 bridgehead atoms. The number of carboxylic acids is 1. The summed E-state index contributed by atoms with van der Waals surface area (Å²) in [5.41, 5.74) is -1.49. The lowest BCUT2D eigenvalue weighted by Crippen LogP contribution is -2.14. The molecule has 0 aliphatic carbocycles. The summed E-state index contributed by atoms with van der Waals surface area (Å²) in [4.78, 5) is 26.2. The van der Waals surface area contributed by atoms with Crippen LogP contribution in [0.5, 0.6) is 5.75 Å². The van der Waals surface area contributed by atoms with E-state index in [0.717, 1.165) is 6.20 Å². The first kappa shape index (κ1) is 14.4. The molecule has 0 radical (unpaired) electrons. The molecule has 8 heteroatoms. The predicted octanol–water partition coefficient (Wildman–Crippen LogP) is 2.02. The van der Waals surface area contributed by atoms with Gasteiger partial charge in [0.25, 0.3) is 5.91 Å². The predicted molar refractivity (Wildman–Crippen MR) is 67.2 cm³/mol. The lowest BCUT2D eigenvalue weighted by molar-refractivity contribution is 0.0691. The molecule has 0 saturated carbocycles. The number of aromatic carboxylic acids is 1. The Balaban J connectivity index is 2.36. The summed E-state index contributed by atoms with van der Waals surface area (Å²) in [6.45, 7) is 0. The highest BCUT2D eigenvalue weighted by Crippen LogP contribution is 2.22. The summed E-state index contributed by atoms with van der Waals surface area (Å²) in [5, 5.41) is 20.3. The number of aromatic nitrogens is 1. The van der Waals surface area contributed by atoms with Crippen LogP contribution in [0.3, 0.4) is 0 Å². The normalized spacial score (nSPS) is 10.2. The number of amides is 1. The lowest BCUT2D eigenvalue weighted by atomic mass is 10.1. The van der Waals surface area contributed by atoms with Crippen molar-refractivity contribution in [1.29, 1.82) is 0 Å². The van der Waals surface area contributed by atoms with Gasteiger partial charge < -0.3 is 15.5 Å². The van der Waals surface area contributed by atoms with Gasteiger partial charge in [0.2, 0.25) is 0 Å². The van der Waals surface area contributed by atoms with Crippen LogP contribution in [-0.4, -0.2) is 27.1 Å². The first-order valence-electron chi connectivity index (χ1n) is 5.57. The average Bonchev–Trinajstić information content (AvgIpc) is 2.41. The number of pyridine rings is 1. The van der Waals surface area contributed by atoms with Crippen molar-refractivity contribution in [3.8, 4) is 5.75 Å². The lowest BCUT2D eigenvalue weighted by Gasteiger charge is -2.09. The van der Waals surface area contributed by atoms with Crippen molar-refractivity contribution in [3.05, 3.63) is 53.4 Å². The van der Waals surface area contributed by atoms with Crippen LogP contribution in [0.2, 0.25) is 0 Å². The second-order valence-corrected chi connectivity index (χ2v) is 3.96. The molecule has 1 amide bonds. The Morgan fingerprint density at radius 3 is 2.48 bits per heavy atom. The maximum atomic E-state index is 13.5. The number of benzene rings is 1. The molecule has 0 aliphatic heterocycles. The Labute approximate surface area is 116 Å². The van der Waals surface area contributed by atoms with Crippen molar-refractivity contribution in [2.75, 3.05) is 5.32 Å². The number of aromatic hydroxyl groups is 1. The van der Waals surface area contributed by atoms with Crippen LogP contribution in [-0.2, 0) is 0 Å². The summed E-state index contributed by atoms with van der Waals surface area (Å²) in [6.07, 6.45) is 2.25. The van der Waals surface area contributed by atoms with Gasteiger partial charge in [-0.25, -0.2) is 13.6 Å². The zero-order chi connectivity index (χ0) is 15.6. The van der Waals surface area contributed by atoms with E-state index in [4.69, 9.17) is 5.11 Å². The van der Waals surface area contributed by atoms with E-state index in [-0.39, 0.29) is 5.56 Å². The van der Waals surface area contributed by atoms with Gasteiger partial charge in [0.15, 0.2) is 0 Å². The molecule has 1 aromatic heterocycles. The highest BCUT2D eigenvalue weighted by molar-refractivity contribution is 6.06. The number of carbonyl (C=O) groups excluding carboxylic acids is 1. The number of nitrogens with one attached hydrogen (secondary N) is 1. The van der Waals surface area contributed by atoms with Gasteiger partial charge in [0, 0.05) is 12.3 Å².